The fourth-order valence-corrected chi connectivity index (χ4v) is 4.94. The predicted molar refractivity (Wildman–Crippen MR) is 122 cm³/mol. The molecule has 2 aliphatic heterocycles. The van der Waals surface area contributed by atoms with Gasteiger partial charge in [-0.3, -0.25) is 9.69 Å². The standard InChI is InChI=1S/C25H29FN4O/c1-17-13-23-22(15-27-17)21-8-7-20(14-24(21)28(23)2)30-12-11-29(16-25(30)31)10-9-18-3-5-19(26)6-4-18/h3-8,14,17,27H,9-13,15-16H2,1-2H3. The Kier molecular flexibility index (Phi) is 5.28. The first-order valence-corrected chi connectivity index (χ1v) is 11.1. The zero-order valence-corrected chi connectivity index (χ0v) is 18.2. The number of rotatable bonds is 4. The average molecular weight is 421 g/mol. The second-order valence-corrected chi connectivity index (χ2v) is 8.87. The first kappa shape index (κ1) is 20.2. The molecule has 162 valence electrons. The molecule has 1 N–H and O–H groups in total. The molecule has 0 radical (unpaired) electrons. The number of benzene rings is 2. The Morgan fingerprint density at radius 3 is 2.71 bits per heavy atom. The number of piperazine rings is 1. The average Bonchev–Trinajstić information content (AvgIpc) is 3.04. The molecule has 31 heavy (non-hydrogen) atoms. The van der Waals surface area contributed by atoms with Crippen LogP contribution >= 0.6 is 0 Å². The van der Waals surface area contributed by atoms with E-state index in [1.165, 1.54) is 34.3 Å². The van der Waals surface area contributed by atoms with E-state index in [1.807, 2.05) is 17.0 Å². The Morgan fingerprint density at radius 1 is 1.13 bits per heavy atom. The third-order valence-corrected chi connectivity index (χ3v) is 6.79. The van der Waals surface area contributed by atoms with Crippen molar-refractivity contribution in [3.63, 3.8) is 0 Å². The number of hydrogen-bond donors (Lipinski definition) is 1. The second kappa shape index (κ2) is 8.09. The van der Waals surface area contributed by atoms with Crippen molar-refractivity contribution in [1.82, 2.24) is 14.8 Å². The van der Waals surface area contributed by atoms with Gasteiger partial charge in [-0.2, -0.15) is 0 Å². The summed E-state index contributed by atoms with van der Waals surface area (Å²) in [6.45, 7) is 5.88. The number of anilines is 1. The van der Waals surface area contributed by atoms with Crippen LogP contribution in [0.2, 0.25) is 0 Å². The zero-order valence-electron chi connectivity index (χ0n) is 18.2. The summed E-state index contributed by atoms with van der Waals surface area (Å²) in [4.78, 5) is 17.0. The molecule has 1 amide bonds. The molecule has 3 heterocycles. The van der Waals surface area contributed by atoms with E-state index in [0.29, 0.717) is 19.1 Å². The summed E-state index contributed by atoms with van der Waals surface area (Å²) in [7, 11) is 2.14. The van der Waals surface area contributed by atoms with Gasteiger partial charge in [0.1, 0.15) is 5.82 Å². The minimum absolute atomic E-state index is 0.138. The summed E-state index contributed by atoms with van der Waals surface area (Å²) in [5.41, 5.74) is 6.06. The minimum atomic E-state index is -0.214. The molecule has 0 aliphatic carbocycles. The molecule has 5 rings (SSSR count). The molecule has 0 spiro atoms. The highest BCUT2D eigenvalue weighted by atomic mass is 19.1. The van der Waals surface area contributed by atoms with Crippen LogP contribution in [0.25, 0.3) is 10.9 Å². The van der Waals surface area contributed by atoms with Crippen LogP contribution < -0.4 is 10.2 Å². The summed E-state index contributed by atoms with van der Waals surface area (Å²) < 4.78 is 15.4. The Morgan fingerprint density at radius 2 is 1.94 bits per heavy atom. The van der Waals surface area contributed by atoms with Crippen LogP contribution in [0.3, 0.4) is 0 Å². The molecule has 0 saturated carbocycles. The maximum absolute atomic E-state index is 13.1. The topological polar surface area (TPSA) is 40.5 Å². The molecule has 6 heteroatoms. The number of hydrogen-bond acceptors (Lipinski definition) is 3. The van der Waals surface area contributed by atoms with Crippen LogP contribution in [0.5, 0.6) is 0 Å². The predicted octanol–water partition coefficient (Wildman–Crippen LogP) is 3.24. The van der Waals surface area contributed by atoms with E-state index in [-0.39, 0.29) is 11.7 Å². The number of amides is 1. The van der Waals surface area contributed by atoms with Crippen molar-refractivity contribution in [2.45, 2.75) is 32.4 Å². The Bertz CT molecular complexity index is 1120. The molecule has 5 nitrogen and oxygen atoms in total. The van der Waals surface area contributed by atoms with Gasteiger partial charge in [-0.05, 0) is 48.7 Å². The number of carbonyl (C=O) groups is 1. The van der Waals surface area contributed by atoms with Crippen LogP contribution in [-0.2, 0) is 31.2 Å². The lowest BCUT2D eigenvalue weighted by molar-refractivity contribution is -0.121. The van der Waals surface area contributed by atoms with Crippen molar-refractivity contribution in [1.29, 1.82) is 0 Å². The van der Waals surface area contributed by atoms with Crippen LogP contribution in [0, 0.1) is 5.82 Å². The summed E-state index contributed by atoms with van der Waals surface area (Å²) in [6, 6.07) is 13.5. The largest absolute Gasteiger partial charge is 0.347 e. The van der Waals surface area contributed by atoms with Gasteiger partial charge in [-0.1, -0.05) is 18.2 Å². The molecule has 2 aliphatic rings. The Labute approximate surface area is 182 Å². The van der Waals surface area contributed by atoms with E-state index < -0.39 is 0 Å². The monoisotopic (exact) mass is 420 g/mol. The molecule has 1 aromatic heterocycles. The van der Waals surface area contributed by atoms with Gasteiger partial charge >= 0.3 is 0 Å². The number of fused-ring (bicyclic) bond motifs is 3. The summed E-state index contributed by atoms with van der Waals surface area (Å²) >= 11 is 0. The van der Waals surface area contributed by atoms with Gasteiger partial charge in [0.25, 0.3) is 0 Å². The van der Waals surface area contributed by atoms with Crippen molar-refractivity contribution in [3.8, 4) is 0 Å². The van der Waals surface area contributed by atoms with E-state index >= 15 is 0 Å². The van der Waals surface area contributed by atoms with Crippen LogP contribution in [0.4, 0.5) is 10.1 Å². The van der Waals surface area contributed by atoms with Gasteiger partial charge in [0.15, 0.2) is 0 Å². The maximum atomic E-state index is 13.1. The Balaban J connectivity index is 1.29. The molecule has 1 fully saturated rings. The first-order chi connectivity index (χ1) is 15.0. The van der Waals surface area contributed by atoms with Crippen molar-refractivity contribution in [2.75, 3.05) is 31.1 Å². The van der Waals surface area contributed by atoms with E-state index in [4.69, 9.17) is 0 Å². The number of nitrogens with one attached hydrogen (secondary N) is 1. The van der Waals surface area contributed by atoms with Crippen molar-refractivity contribution in [2.24, 2.45) is 7.05 Å². The molecule has 3 aromatic rings. The van der Waals surface area contributed by atoms with Crippen LogP contribution in [0.15, 0.2) is 42.5 Å². The molecule has 1 unspecified atom stereocenters. The van der Waals surface area contributed by atoms with Crippen LogP contribution in [-0.4, -0.2) is 47.6 Å². The highest BCUT2D eigenvalue weighted by Gasteiger charge is 2.27. The number of carbonyl (C=O) groups excluding carboxylic acids is 1. The first-order valence-electron chi connectivity index (χ1n) is 11.1. The SMILES string of the molecule is CC1Cc2c(c3ccc(N4CCN(CCc5ccc(F)cc5)CC4=O)cc3n2C)CN1. The highest BCUT2D eigenvalue weighted by molar-refractivity contribution is 5.98. The Hall–Kier alpha value is -2.70. The minimum Gasteiger partial charge on any atom is -0.347 e. The van der Waals surface area contributed by atoms with E-state index in [9.17, 15) is 9.18 Å². The molecular weight excluding hydrogens is 391 g/mol. The quantitative estimate of drug-likeness (QED) is 0.705. The van der Waals surface area contributed by atoms with Crippen molar-refractivity contribution in [3.05, 3.63) is 65.1 Å². The molecule has 0 bridgehead atoms. The van der Waals surface area contributed by atoms with Gasteiger partial charge in [0.2, 0.25) is 5.91 Å². The lowest BCUT2D eigenvalue weighted by Gasteiger charge is -2.34. The number of halogens is 1. The molecule has 1 atom stereocenters. The van der Waals surface area contributed by atoms with Gasteiger partial charge in [-0.25, -0.2) is 4.39 Å². The van der Waals surface area contributed by atoms with E-state index in [1.54, 1.807) is 0 Å². The summed E-state index contributed by atoms with van der Waals surface area (Å²) in [6.07, 6.45) is 1.85. The molecule has 2 aromatic carbocycles. The van der Waals surface area contributed by atoms with Crippen LogP contribution in [0.1, 0.15) is 23.7 Å². The summed E-state index contributed by atoms with van der Waals surface area (Å²) in [5.74, 6) is -0.0756. The lowest BCUT2D eigenvalue weighted by Crippen LogP contribution is -2.50. The highest BCUT2D eigenvalue weighted by Crippen LogP contribution is 2.32. The van der Waals surface area contributed by atoms with Gasteiger partial charge in [0, 0.05) is 62.5 Å². The third kappa shape index (κ3) is 3.86. The third-order valence-electron chi connectivity index (χ3n) is 6.79. The summed E-state index contributed by atoms with van der Waals surface area (Å²) in [5, 5.41) is 4.84. The number of aryl methyl sites for hydroxylation is 1. The fraction of sp³-hybridized carbons (Fsp3) is 0.400. The number of aromatic nitrogens is 1. The number of nitrogens with zero attached hydrogens (tertiary/aromatic N) is 3. The smallest absolute Gasteiger partial charge is 0.241 e. The lowest BCUT2D eigenvalue weighted by atomic mass is 10.0. The van der Waals surface area contributed by atoms with Gasteiger partial charge in [-0.15, -0.1) is 0 Å². The zero-order chi connectivity index (χ0) is 21.5. The van der Waals surface area contributed by atoms with E-state index in [2.05, 4.69) is 47.0 Å². The molecular formula is C25H29FN4O. The fourth-order valence-electron chi connectivity index (χ4n) is 4.94. The van der Waals surface area contributed by atoms with Crippen molar-refractivity contribution < 1.29 is 9.18 Å². The van der Waals surface area contributed by atoms with Gasteiger partial charge < -0.3 is 14.8 Å². The van der Waals surface area contributed by atoms with Crippen molar-refractivity contribution >= 4 is 22.5 Å². The normalized spacial score (nSPS) is 19.8. The maximum Gasteiger partial charge on any atom is 0.241 e. The van der Waals surface area contributed by atoms with Gasteiger partial charge in [0.05, 0.1) is 12.1 Å². The van der Waals surface area contributed by atoms with E-state index in [0.717, 1.165) is 43.7 Å². The second-order valence-electron chi connectivity index (χ2n) is 8.87. The molecule has 1 saturated heterocycles.